The Morgan fingerprint density at radius 2 is 1.67 bits per heavy atom. The van der Waals surface area contributed by atoms with Gasteiger partial charge in [0.1, 0.15) is 5.69 Å². The highest BCUT2D eigenvalue weighted by molar-refractivity contribution is 6.07. The predicted octanol–water partition coefficient (Wildman–Crippen LogP) is 4.41. The molecule has 9 heteroatoms. The zero-order valence-electron chi connectivity index (χ0n) is 19.8. The molecule has 36 heavy (non-hydrogen) atoms. The van der Waals surface area contributed by atoms with Crippen LogP contribution in [0.15, 0.2) is 54.6 Å². The molecule has 182 valence electrons. The molecule has 0 saturated carbocycles. The first-order valence-electron chi connectivity index (χ1n) is 11.4. The van der Waals surface area contributed by atoms with Crippen LogP contribution in [0.3, 0.4) is 0 Å². The number of nitrogens with zero attached hydrogens (tertiary/aromatic N) is 4. The zero-order valence-corrected chi connectivity index (χ0v) is 19.8. The van der Waals surface area contributed by atoms with E-state index in [1.54, 1.807) is 37.1 Å². The summed E-state index contributed by atoms with van der Waals surface area (Å²) in [5.41, 5.74) is 9.18. The van der Waals surface area contributed by atoms with Crippen molar-refractivity contribution in [3.63, 3.8) is 0 Å². The third-order valence-corrected chi connectivity index (χ3v) is 6.47. The van der Waals surface area contributed by atoms with Crippen LogP contribution in [-0.2, 0) is 13.1 Å². The van der Waals surface area contributed by atoms with Crippen LogP contribution < -0.4 is 5.73 Å². The number of amides is 2. The summed E-state index contributed by atoms with van der Waals surface area (Å²) in [6, 6.07) is 14.5. The molecule has 2 heterocycles. The standard InChI is InChI=1S/C27H23F2N5O2/c1-3-33(2)25(35)19-12-22(29)21(28)11-18(19)15-8-9-23-20(10-15)24(32-27(30)31-23)26(36)34-13-16-6-4-5-7-17(16)14-34/h4-12H,3,13-14H2,1-2H3,(H2,30,31,32). The second-order valence-corrected chi connectivity index (χ2v) is 8.72. The van der Waals surface area contributed by atoms with Gasteiger partial charge in [-0.1, -0.05) is 30.3 Å². The molecule has 0 aliphatic carbocycles. The van der Waals surface area contributed by atoms with Crippen LogP contribution in [0, 0.1) is 11.6 Å². The third-order valence-electron chi connectivity index (χ3n) is 6.47. The molecule has 2 amide bonds. The summed E-state index contributed by atoms with van der Waals surface area (Å²) < 4.78 is 28.4. The molecule has 0 spiro atoms. The van der Waals surface area contributed by atoms with Gasteiger partial charge in [0.15, 0.2) is 11.6 Å². The molecule has 1 aromatic heterocycles. The summed E-state index contributed by atoms with van der Waals surface area (Å²) >= 11 is 0. The number of hydrogen-bond donors (Lipinski definition) is 1. The van der Waals surface area contributed by atoms with Gasteiger partial charge < -0.3 is 15.5 Å². The number of rotatable bonds is 4. The Bertz CT molecular complexity index is 1510. The average molecular weight is 488 g/mol. The first-order chi connectivity index (χ1) is 17.3. The molecule has 0 radical (unpaired) electrons. The van der Waals surface area contributed by atoms with Gasteiger partial charge in [-0.3, -0.25) is 9.59 Å². The Morgan fingerprint density at radius 1 is 1.00 bits per heavy atom. The van der Waals surface area contributed by atoms with E-state index in [0.29, 0.717) is 36.1 Å². The van der Waals surface area contributed by atoms with Crippen molar-refractivity contribution in [3.05, 3.63) is 88.6 Å². The van der Waals surface area contributed by atoms with E-state index in [9.17, 15) is 18.4 Å². The van der Waals surface area contributed by atoms with E-state index < -0.39 is 17.5 Å². The van der Waals surface area contributed by atoms with E-state index >= 15 is 0 Å². The number of nitrogen functional groups attached to an aromatic ring is 1. The Hall–Kier alpha value is -4.40. The molecule has 3 aromatic carbocycles. The summed E-state index contributed by atoms with van der Waals surface area (Å²) in [7, 11) is 1.58. The highest BCUT2D eigenvalue weighted by atomic mass is 19.2. The van der Waals surface area contributed by atoms with E-state index in [-0.39, 0.29) is 28.7 Å². The van der Waals surface area contributed by atoms with Crippen molar-refractivity contribution in [2.75, 3.05) is 19.3 Å². The fourth-order valence-corrected chi connectivity index (χ4v) is 4.42. The molecule has 5 rings (SSSR count). The van der Waals surface area contributed by atoms with E-state index in [2.05, 4.69) is 9.97 Å². The predicted molar refractivity (Wildman–Crippen MR) is 132 cm³/mol. The number of benzene rings is 3. The lowest BCUT2D eigenvalue weighted by Crippen LogP contribution is -2.27. The number of fused-ring (bicyclic) bond motifs is 2. The van der Waals surface area contributed by atoms with Crippen molar-refractivity contribution >= 4 is 28.7 Å². The number of aromatic nitrogens is 2. The van der Waals surface area contributed by atoms with Gasteiger partial charge in [0, 0.05) is 32.1 Å². The SMILES string of the molecule is CCN(C)C(=O)c1cc(F)c(F)cc1-c1ccc2nc(N)nc(C(=O)N3Cc4ccccc4C3)c2c1. The molecule has 1 aliphatic rings. The van der Waals surface area contributed by atoms with Gasteiger partial charge >= 0.3 is 0 Å². The van der Waals surface area contributed by atoms with Crippen molar-refractivity contribution in [2.24, 2.45) is 0 Å². The van der Waals surface area contributed by atoms with E-state index in [0.717, 1.165) is 23.3 Å². The molecule has 4 aromatic rings. The van der Waals surface area contributed by atoms with Crippen molar-refractivity contribution in [1.29, 1.82) is 0 Å². The van der Waals surface area contributed by atoms with Gasteiger partial charge in [0.2, 0.25) is 5.95 Å². The number of nitrogens with two attached hydrogens (primary N) is 1. The summed E-state index contributed by atoms with van der Waals surface area (Å²) in [5, 5.41) is 0.398. The highest BCUT2D eigenvalue weighted by Gasteiger charge is 2.27. The van der Waals surface area contributed by atoms with Gasteiger partial charge in [0.25, 0.3) is 11.8 Å². The van der Waals surface area contributed by atoms with Gasteiger partial charge in [-0.15, -0.1) is 0 Å². The topological polar surface area (TPSA) is 92.4 Å². The summed E-state index contributed by atoms with van der Waals surface area (Å²) in [6.45, 7) is 3.04. The lowest BCUT2D eigenvalue weighted by Gasteiger charge is -2.19. The maximum Gasteiger partial charge on any atom is 0.273 e. The fraction of sp³-hybridized carbons (Fsp3) is 0.185. The first kappa shape index (κ1) is 23.3. The van der Waals surface area contributed by atoms with Gasteiger partial charge in [-0.05, 0) is 53.4 Å². The number of carbonyl (C=O) groups is 2. The normalized spacial score (nSPS) is 12.6. The molecule has 1 aliphatic heterocycles. The van der Waals surface area contributed by atoms with E-state index in [4.69, 9.17) is 5.73 Å². The number of anilines is 1. The maximum absolute atomic E-state index is 14.3. The summed E-state index contributed by atoms with van der Waals surface area (Å²) in [5.74, 6) is -3.03. The van der Waals surface area contributed by atoms with E-state index in [1.165, 1.54) is 4.90 Å². The van der Waals surface area contributed by atoms with Crippen LogP contribution in [0.2, 0.25) is 0 Å². The second kappa shape index (κ2) is 8.99. The van der Waals surface area contributed by atoms with E-state index in [1.807, 2.05) is 24.3 Å². The number of hydrogen-bond acceptors (Lipinski definition) is 5. The van der Waals surface area contributed by atoms with Crippen LogP contribution in [0.1, 0.15) is 38.9 Å². The van der Waals surface area contributed by atoms with Crippen LogP contribution >= 0.6 is 0 Å². The minimum absolute atomic E-state index is 0.0110. The highest BCUT2D eigenvalue weighted by Crippen LogP contribution is 2.32. The third kappa shape index (κ3) is 4.02. The molecular weight excluding hydrogens is 464 g/mol. The molecule has 0 fully saturated rings. The zero-order chi connectivity index (χ0) is 25.6. The largest absolute Gasteiger partial charge is 0.368 e. The average Bonchev–Trinajstić information content (AvgIpc) is 3.32. The van der Waals surface area contributed by atoms with Gasteiger partial charge in [-0.25, -0.2) is 18.7 Å². The van der Waals surface area contributed by atoms with Crippen LogP contribution in [0.5, 0.6) is 0 Å². The summed E-state index contributed by atoms with van der Waals surface area (Å²) in [4.78, 5) is 38.0. The molecule has 0 unspecified atom stereocenters. The van der Waals surface area contributed by atoms with Gasteiger partial charge in [-0.2, -0.15) is 0 Å². The van der Waals surface area contributed by atoms with Crippen molar-refractivity contribution < 1.29 is 18.4 Å². The molecule has 7 nitrogen and oxygen atoms in total. The number of halogens is 2. The molecule has 0 saturated heterocycles. The fourth-order valence-electron chi connectivity index (χ4n) is 4.42. The lowest BCUT2D eigenvalue weighted by atomic mass is 9.96. The minimum atomic E-state index is -1.12. The Morgan fingerprint density at radius 3 is 2.33 bits per heavy atom. The smallest absolute Gasteiger partial charge is 0.273 e. The van der Waals surface area contributed by atoms with Crippen LogP contribution in [0.4, 0.5) is 14.7 Å². The second-order valence-electron chi connectivity index (χ2n) is 8.72. The van der Waals surface area contributed by atoms with Crippen molar-refractivity contribution in [3.8, 4) is 11.1 Å². The molecular formula is C27H23F2N5O2. The lowest BCUT2D eigenvalue weighted by molar-refractivity contribution is 0.0746. The Balaban J connectivity index is 1.63. The quantitative estimate of drug-likeness (QED) is 0.461. The Kier molecular flexibility index (Phi) is 5.83. The summed E-state index contributed by atoms with van der Waals surface area (Å²) in [6.07, 6.45) is 0. The minimum Gasteiger partial charge on any atom is -0.368 e. The number of carbonyl (C=O) groups excluding carboxylic acids is 2. The van der Waals surface area contributed by atoms with Crippen LogP contribution in [-0.4, -0.2) is 45.2 Å². The molecule has 2 N–H and O–H groups in total. The Labute approximate surface area is 206 Å². The van der Waals surface area contributed by atoms with Crippen LogP contribution in [0.25, 0.3) is 22.0 Å². The molecule has 0 atom stereocenters. The maximum atomic E-state index is 14.3. The monoisotopic (exact) mass is 487 g/mol. The van der Waals surface area contributed by atoms with Gasteiger partial charge in [0.05, 0.1) is 11.1 Å². The van der Waals surface area contributed by atoms with Crippen molar-refractivity contribution in [1.82, 2.24) is 19.8 Å². The van der Waals surface area contributed by atoms with Crippen molar-refractivity contribution in [2.45, 2.75) is 20.0 Å². The molecule has 0 bridgehead atoms. The first-order valence-corrected chi connectivity index (χ1v) is 11.4.